The lowest BCUT2D eigenvalue weighted by Crippen LogP contribution is -2.31. The zero-order chi connectivity index (χ0) is 10.8. The Kier molecular flexibility index (Phi) is 4.59. The van der Waals surface area contributed by atoms with Crippen molar-refractivity contribution < 1.29 is 32.7 Å². The Bertz CT molecular complexity index is 322. The average molecular weight is 231 g/mol. The summed E-state index contributed by atoms with van der Waals surface area (Å²) in [7, 11) is 0. The molecule has 0 amide bonds. The summed E-state index contributed by atoms with van der Waals surface area (Å²) in [6.45, 7) is 0. The van der Waals surface area contributed by atoms with Crippen LogP contribution in [-0.2, 0) is 11.1 Å². The second-order valence-corrected chi connectivity index (χ2v) is 2.33. The van der Waals surface area contributed by atoms with Crippen LogP contribution in [-0.4, -0.2) is 10.8 Å². The summed E-state index contributed by atoms with van der Waals surface area (Å²) in [6, 6.07) is -1.03. The minimum Gasteiger partial charge on any atom is -0.412 e. The first-order valence-corrected chi connectivity index (χ1v) is 3.37. The van der Waals surface area contributed by atoms with Crippen LogP contribution in [0.2, 0.25) is 0 Å². The molecule has 0 spiro atoms. The second-order valence-electron chi connectivity index (χ2n) is 2.33. The van der Waals surface area contributed by atoms with E-state index in [0.717, 1.165) is 12.1 Å². The standard InChI is InChI=1S/C7H4F5NO.H2O/c8-6-4-2-1-3-5(6)7(9,10)13(11)14-12;/h1-4H;1H2. The summed E-state index contributed by atoms with van der Waals surface area (Å²) >= 11 is 0. The molecule has 8 heteroatoms. The van der Waals surface area contributed by atoms with E-state index in [1.807, 2.05) is 0 Å². The van der Waals surface area contributed by atoms with E-state index < -0.39 is 22.7 Å². The van der Waals surface area contributed by atoms with Gasteiger partial charge in [0.1, 0.15) is 5.82 Å². The average Bonchev–Trinajstić information content (AvgIpc) is 2.17. The van der Waals surface area contributed by atoms with Crippen LogP contribution in [0.25, 0.3) is 0 Å². The van der Waals surface area contributed by atoms with Gasteiger partial charge in [0, 0.05) is 0 Å². The Morgan fingerprint density at radius 2 is 1.73 bits per heavy atom. The van der Waals surface area contributed by atoms with E-state index in [0.29, 0.717) is 12.1 Å². The highest BCUT2D eigenvalue weighted by Crippen LogP contribution is 2.34. The normalized spacial score (nSPS) is 11.3. The molecule has 0 heterocycles. The van der Waals surface area contributed by atoms with Crippen molar-refractivity contribution in [3.8, 4) is 0 Å². The maximum absolute atomic E-state index is 12.8. The van der Waals surface area contributed by atoms with Crippen LogP contribution in [0.1, 0.15) is 5.56 Å². The van der Waals surface area contributed by atoms with Gasteiger partial charge in [-0.05, 0) is 16.7 Å². The molecule has 0 bridgehead atoms. The molecule has 0 atom stereocenters. The highest BCUT2D eigenvalue weighted by Gasteiger charge is 2.44. The minimum absolute atomic E-state index is 0. The van der Waals surface area contributed by atoms with Gasteiger partial charge in [0.15, 0.2) is 0 Å². The summed E-state index contributed by atoms with van der Waals surface area (Å²) in [4.78, 5) is 0. The molecule has 0 aliphatic heterocycles. The van der Waals surface area contributed by atoms with Crippen LogP contribution >= 0.6 is 0 Å². The van der Waals surface area contributed by atoms with Crippen LogP contribution in [0.15, 0.2) is 24.3 Å². The van der Waals surface area contributed by atoms with Gasteiger partial charge in [-0.15, -0.1) is 0 Å². The first-order chi connectivity index (χ1) is 6.50. The van der Waals surface area contributed by atoms with E-state index in [1.54, 1.807) is 0 Å². The van der Waals surface area contributed by atoms with E-state index in [4.69, 9.17) is 0 Å². The SMILES string of the molecule is FON(F)C(F)(F)c1ccccc1F.O. The van der Waals surface area contributed by atoms with Crippen molar-refractivity contribution in [2.75, 3.05) is 0 Å². The number of rotatable bonds is 3. The summed E-state index contributed by atoms with van der Waals surface area (Å²) < 4.78 is 61.5. The molecule has 0 aliphatic carbocycles. The number of hydrogen-bond acceptors (Lipinski definition) is 2. The third-order valence-electron chi connectivity index (χ3n) is 1.48. The highest BCUT2D eigenvalue weighted by atomic mass is 19.4. The van der Waals surface area contributed by atoms with Crippen molar-refractivity contribution in [1.82, 2.24) is 5.29 Å². The summed E-state index contributed by atoms with van der Waals surface area (Å²) in [5, 5.41) is 0.305. The van der Waals surface area contributed by atoms with Gasteiger partial charge in [-0.1, -0.05) is 21.7 Å². The molecule has 1 aromatic carbocycles. The van der Waals surface area contributed by atoms with Crippen molar-refractivity contribution in [3.63, 3.8) is 0 Å². The molecule has 0 aliphatic rings. The molecule has 86 valence electrons. The lowest BCUT2D eigenvalue weighted by molar-refractivity contribution is -0.489. The molecule has 1 aromatic rings. The van der Waals surface area contributed by atoms with Crippen LogP contribution in [0, 0.1) is 5.82 Å². The van der Waals surface area contributed by atoms with Crippen molar-refractivity contribution >= 4 is 0 Å². The van der Waals surface area contributed by atoms with E-state index in [2.05, 4.69) is 5.04 Å². The van der Waals surface area contributed by atoms with Gasteiger partial charge < -0.3 is 5.48 Å². The number of benzene rings is 1. The Morgan fingerprint density at radius 3 is 2.20 bits per heavy atom. The predicted octanol–water partition coefficient (Wildman–Crippen LogP) is 2.05. The van der Waals surface area contributed by atoms with E-state index in [9.17, 15) is 22.2 Å². The number of hydrogen-bond donors (Lipinski definition) is 0. The van der Waals surface area contributed by atoms with Gasteiger partial charge in [0.25, 0.3) is 0 Å². The largest absolute Gasteiger partial charge is 0.412 e. The van der Waals surface area contributed by atoms with E-state index in [-0.39, 0.29) is 5.48 Å². The Hall–Kier alpha value is -1.25. The summed E-state index contributed by atoms with van der Waals surface area (Å²) in [6.07, 6.45) is 0. The third kappa shape index (κ3) is 2.61. The molecule has 15 heavy (non-hydrogen) atoms. The quantitative estimate of drug-likeness (QED) is 0.346. The highest BCUT2D eigenvalue weighted by molar-refractivity contribution is 5.21. The summed E-state index contributed by atoms with van der Waals surface area (Å²) in [5.74, 6) is -1.36. The van der Waals surface area contributed by atoms with E-state index in [1.165, 1.54) is 0 Å². The van der Waals surface area contributed by atoms with Crippen LogP contribution in [0.4, 0.5) is 22.2 Å². The molecule has 0 radical (unpaired) electrons. The number of halogens is 5. The van der Waals surface area contributed by atoms with Gasteiger partial charge in [-0.2, -0.15) is 8.78 Å². The van der Waals surface area contributed by atoms with Gasteiger partial charge in [0.2, 0.25) is 0 Å². The fraction of sp³-hybridized carbons (Fsp3) is 0.143. The Morgan fingerprint density at radius 1 is 1.20 bits per heavy atom. The third-order valence-corrected chi connectivity index (χ3v) is 1.48. The zero-order valence-corrected chi connectivity index (χ0v) is 7.05. The molecular formula is C7H6F5NO2. The van der Waals surface area contributed by atoms with Crippen LogP contribution in [0.3, 0.4) is 0 Å². The number of hydroxylamine groups is 1. The van der Waals surface area contributed by atoms with Gasteiger partial charge in [0.05, 0.1) is 10.8 Å². The molecule has 0 aromatic heterocycles. The Labute approximate surface area is 80.8 Å². The molecule has 0 saturated heterocycles. The maximum atomic E-state index is 12.8. The molecule has 2 N–H and O–H groups in total. The molecule has 0 fully saturated rings. The number of alkyl halides is 2. The lowest BCUT2D eigenvalue weighted by atomic mass is 10.2. The van der Waals surface area contributed by atoms with Crippen LogP contribution in [0.5, 0.6) is 0 Å². The second kappa shape index (κ2) is 5.01. The first kappa shape index (κ1) is 13.8. The molecule has 0 unspecified atom stereocenters. The van der Waals surface area contributed by atoms with Gasteiger partial charge in [-0.25, -0.2) is 4.39 Å². The molecule has 0 saturated carbocycles. The number of nitrogens with zero attached hydrogens (tertiary/aromatic N) is 1. The summed E-state index contributed by atoms with van der Waals surface area (Å²) in [5.41, 5.74) is -1.32. The van der Waals surface area contributed by atoms with Gasteiger partial charge in [-0.3, -0.25) is 0 Å². The first-order valence-electron chi connectivity index (χ1n) is 3.37. The minimum atomic E-state index is -4.51. The predicted molar refractivity (Wildman–Crippen MR) is 39.0 cm³/mol. The topological polar surface area (TPSA) is 44.0 Å². The lowest BCUT2D eigenvalue weighted by Gasteiger charge is -2.18. The van der Waals surface area contributed by atoms with Crippen molar-refractivity contribution in [3.05, 3.63) is 35.6 Å². The molecule has 1 rings (SSSR count). The van der Waals surface area contributed by atoms with Crippen molar-refractivity contribution in [2.24, 2.45) is 0 Å². The zero-order valence-electron chi connectivity index (χ0n) is 7.05. The van der Waals surface area contributed by atoms with Crippen molar-refractivity contribution in [2.45, 2.75) is 6.05 Å². The fourth-order valence-corrected chi connectivity index (χ4v) is 0.843. The Balaban J connectivity index is 0.00000196. The van der Waals surface area contributed by atoms with Gasteiger partial charge >= 0.3 is 6.05 Å². The van der Waals surface area contributed by atoms with E-state index >= 15 is 0 Å². The molecular weight excluding hydrogens is 225 g/mol. The molecule has 3 nitrogen and oxygen atoms in total. The smallest absolute Gasteiger partial charge is 0.385 e. The van der Waals surface area contributed by atoms with Crippen LogP contribution < -0.4 is 0 Å². The maximum Gasteiger partial charge on any atom is 0.385 e. The fourth-order valence-electron chi connectivity index (χ4n) is 0.843. The monoisotopic (exact) mass is 231 g/mol. The van der Waals surface area contributed by atoms with Crippen molar-refractivity contribution in [1.29, 1.82) is 0 Å².